The minimum atomic E-state index is -0.591. The average Bonchev–Trinajstić information content (AvgIpc) is 3.71. The molecule has 1 saturated heterocycles. The van der Waals surface area contributed by atoms with Crippen LogP contribution < -0.4 is 25.4 Å². The molecular formula is C37H39Cl2N7O4. The van der Waals surface area contributed by atoms with Crippen molar-refractivity contribution in [2.75, 3.05) is 20.8 Å². The smallest absolute Gasteiger partial charge is 0.220 e. The third-order valence-corrected chi connectivity index (χ3v) is 10.2. The zero-order chi connectivity index (χ0) is 35.0. The van der Waals surface area contributed by atoms with Crippen molar-refractivity contribution in [3.05, 3.63) is 82.4 Å². The van der Waals surface area contributed by atoms with E-state index in [9.17, 15) is 9.90 Å². The highest BCUT2D eigenvalue weighted by Gasteiger charge is 2.37. The van der Waals surface area contributed by atoms with Gasteiger partial charge in [-0.15, -0.1) is 0 Å². The fourth-order valence-corrected chi connectivity index (χ4v) is 7.46. The Morgan fingerprint density at radius 3 is 2.56 bits per heavy atom. The summed E-state index contributed by atoms with van der Waals surface area (Å²) in [5, 5.41) is 20.8. The van der Waals surface area contributed by atoms with Crippen molar-refractivity contribution in [2.45, 2.75) is 63.4 Å². The summed E-state index contributed by atoms with van der Waals surface area (Å²) < 4.78 is 13.3. The number of nitrogens with zero attached hydrogens (tertiary/aromatic N) is 4. The van der Waals surface area contributed by atoms with Gasteiger partial charge < -0.3 is 34.9 Å². The molecule has 4 N–H and O–H groups in total. The van der Waals surface area contributed by atoms with Crippen molar-refractivity contribution in [2.24, 2.45) is 0 Å². The van der Waals surface area contributed by atoms with Gasteiger partial charge in [0.05, 0.1) is 46.9 Å². The number of carbonyl (C=O) groups excluding carboxylic acids is 1. The quantitative estimate of drug-likeness (QED) is 0.126. The van der Waals surface area contributed by atoms with Crippen LogP contribution in [0.1, 0.15) is 43.9 Å². The van der Waals surface area contributed by atoms with Crippen LogP contribution in [0, 0.1) is 0 Å². The van der Waals surface area contributed by atoms with Crippen LogP contribution in [-0.4, -0.2) is 68.8 Å². The van der Waals surface area contributed by atoms with Crippen LogP contribution in [0.5, 0.6) is 11.6 Å². The second kappa shape index (κ2) is 14.2. The second-order valence-corrected chi connectivity index (χ2v) is 14.0. The molecule has 0 spiro atoms. The summed E-state index contributed by atoms with van der Waals surface area (Å²) in [6, 6.07) is 13.8. The van der Waals surface area contributed by atoms with E-state index in [1.165, 1.54) is 0 Å². The Hall–Kier alpha value is -4.26. The summed E-state index contributed by atoms with van der Waals surface area (Å²) in [6.45, 7) is 3.65. The van der Waals surface area contributed by atoms with Crippen LogP contribution >= 0.6 is 23.2 Å². The van der Waals surface area contributed by atoms with Crippen molar-refractivity contribution in [3.63, 3.8) is 0 Å². The molecule has 0 radical (unpaired) electrons. The summed E-state index contributed by atoms with van der Waals surface area (Å²) in [4.78, 5) is 25.8. The zero-order valence-electron chi connectivity index (χ0n) is 28.1. The standard InChI is InChI=1S/C37H39Cl2N7O4/c1-37(48)14-24(15-37)42-18-25-20-46-19-22(13-30(49-2)35(46)44-25)34-33(39)27(11-12-41-34)26-5-4-6-28(32(26)38)29-9-7-21(36(45-29)50-3)16-40-17-23-8-10-31(47)43-23/h4-7,9,11-13,19-20,23-24,40,42,48H,8,10,14-18H2,1-3H3,(H,43,47)/t23-,24?,37?/m0/s1. The van der Waals surface area contributed by atoms with Crippen LogP contribution in [-0.2, 0) is 17.9 Å². The van der Waals surface area contributed by atoms with Gasteiger partial charge in [0.15, 0.2) is 11.4 Å². The first kappa shape index (κ1) is 34.2. The number of ether oxygens (including phenoxy) is 2. The normalized spacial score (nSPS) is 20.2. The Kier molecular flexibility index (Phi) is 9.69. The SMILES string of the molecule is COc1nc(-c2cccc(-c3ccnc(-c4cc(OC)c5nc(CNC6CC(C)(O)C6)cn5c4)c3Cl)c2Cl)ccc1CNC[C@@H]1CCC(=O)N1. The van der Waals surface area contributed by atoms with Crippen molar-refractivity contribution < 1.29 is 19.4 Å². The summed E-state index contributed by atoms with van der Waals surface area (Å²) in [5.74, 6) is 1.18. The number of pyridine rings is 3. The Balaban J connectivity index is 1.14. The van der Waals surface area contributed by atoms with Gasteiger partial charge in [0.1, 0.15) is 0 Å². The fourth-order valence-electron chi connectivity index (χ4n) is 6.81. The first-order valence-corrected chi connectivity index (χ1v) is 17.4. The highest BCUT2D eigenvalue weighted by atomic mass is 35.5. The predicted molar refractivity (Wildman–Crippen MR) is 194 cm³/mol. The number of aromatic nitrogens is 4. The van der Waals surface area contributed by atoms with Gasteiger partial charge in [0.25, 0.3) is 0 Å². The average molecular weight is 717 g/mol. The minimum Gasteiger partial charge on any atom is -0.493 e. The van der Waals surface area contributed by atoms with E-state index < -0.39 is 5.60 Å². The molecule has 5 aromatic rings. The van der Waals surface area contributed by atoms with Gasteiger partial charge in [0, 0.05) is 84.5 Å². The number of fused-ring (bicyclic) bond motifs is 1. The number of methoxy groups -OCH3 is 2. The molecule has 2 fully saturated rings. The number of hydrogen-bond donors (Lipinski definition) is 4. The maximum atomic E-state index is 11.5. The van der Waals surface area contributed by atoms with Gasteiger partial charge in [-0.05, 0) is 44.4 Å². The Labute approximate surface area is 300 Å². The lowest BCUT2D eigenvalue weighted by Crippen LogP contribution is -2.51. The van der Waals surface area contributed by atoms with Gasteiger partial charge in [-0.3, -0.25) is 9.78 Å². The van der Waals surface area contributed by atoms with E-state index in [2.05, 4.69) is 20.9 Å². The number of carbonyl (C=O) groups is 1. The summed E-state index contributed by atoms with van der Waals surface area (Å²) in [5.41, 5.74) is 6.04. The maximum absolute atomic E-state index is 11.5. The Morgan fingerprint density at radius 1 is 1.02 bits per heavy atom. The molecule has 4 aromatic heterocycles. The van der Waals surface area contributed by atoms with Crippen molar-refractivity contribution in [1.82, 2.24) is 35.3 Å². The van der Waals surface area contributed by atoms with Gasteiger partial charge in [0.2, 0.25) is 11.8 Å². The van der Waals surface area contributed by atoms with Crippen molar-refractivity contribution in [1.29, 1.82) is 0 Å². The molecule has 13 heteroatoms. The highest BCUT2D eigenvalue weighted by Crippen LogP contribution is 2.42. The van der Waals surface area contributed by atoms with E-state index >= 15 is 0 Å². The number of amides is 1. The number of nitrogens with one attached hydrogen (secondary N) is 3. The first-order chi connectivity index (χ1) is 24.1. The molecule has 7 rings (SSSR count). The van der Waals surface area contributed by atoms with E-state index in [4.69, 9.17) is 42.6 Å². The van der Waals surface area contributed by atoms with Crippen molar-refractivity contribution >= 4 is 34.8 Å². The molecule has 11 nitrogen and oxygen atoms in total. The predicted octanol–water partition coefficient (Wildman–Crippen LogP) is 5.82. The molecule has 1 saturated carbocycles. The van der Waals surface area contributed by atoms with Crippen LogP contribution in [0.2, 0.25) is 10.0 Å². The van der Waals surface area contributed by atoms with Crippen LogP contribution in [0.25, 0.3) is 39.3 Å². The molecule has 1 aliphatic heterocycles. The van der Waals surface area contributed by atoms with Gasteiger partial charge in [-0.1, -0.05) is 47.5 Å². The zero-order valence-corrected chi connectivity index (χ0v) is 29.6. The molecule has 50 heavy (non-hydrogen) atoms. The van der Waals surface area contributed by atoms with Gasteiger partial charge >= 0.3 is 0 Å². The molecular weight excluding hydrogens is 677 g/mol. The number of benzene rings is 1. The van der Waals surface area contributed by atoms with Crippen LogP contribution in [0.15, 0.2) is 61.1 Å². The molecule has 1 aromatic carbocycles. The number of rotatable bonds is 12. The van der Waals surface area contributed by atoms with Crippen LogP contribution in [0.3, 0.4) is 0 Å². The highest BCUT2D eigenvalue weighted by molar-refractivity contribution is 6.39. The molecule has 1 aliphatic carbocycles. The molecule has 2 aliphatic rings. The monoisotopic (exact) mass is 715 g/mol. The molecule has 5 heterocycles. The van der Waals surface area contributed by atoms with E-state index in [0.29, 0.717) is 64.8 Å². The number of hydrogen-bond acceptors (Lipinski definition) is 9. The van der Waals surface area contributed by atoms with E-state index in [1.54, 1.807) is 20.4 Å². The topological polar surface area (TPSA) is 135 Å². The van der Waals surface area contributed by atoms with E-state index in [1.807, 2.05) is 66.2 Å². The van der Waals surface area contributed by atoms with Crippen molar-refractivity contribution in [3.8, 4) is 45.3 Å². The molecule has 1 atom stereocenters. The Morgan fingerprint density at radius 2 is 1.82 bits per heavy atom. The molecule has 260 valence electrons. The van der Waals surface area contributed by atoms with Gasteiger partial charge in [-0.2, -0.15) is 0 Å². The lowest BCUT2D eigenvalue weighted by molar-refractivity contribution is -0.119. The second-order valence-electron chi connectivity index (χ2n) is 13.2. The lowest BCUT2D eigenvalue weighted by atomic mass is 9.77. The largest absolute Gasteiger partial charge is 0.493 e. The minimum absolute atomic E-state index is 0.0967. The summed E-state index contributed by atoms with van der Waals surface area (Å²) >= 11 is 14.2. The third kappa shape index (κ3) is 7.01. The Bertz CT molecular complexity index is 2060. The number of aliphatic hydroxyl groups is 1. The van der Waals surface area contributed by atoms with E-state index in [-0.39, 0.29) is 18.0 Å². The first-order valence-electron chi connectivity index (χ1n) is 16.6. The summed E-state index contributed by atoms with van der Waals surface area (Å²) in [6.07, 6.45) is 8.46. The number of halogens is 2. The van der Waals surface area contributed by atoms with E-state index in [0.717, 1.165) is 52.8 Å². The lowest BCUT2D eigenvalue weighted by Gasteiger charge is -2.41. The molecule has 0 unspecified atom stereocenters. The maximum Gasteiger partial charge on any atom is 0.220 e. The summed E-state index contributed by atoms with van der Waals surface area (Å²) in [7, 11) is 3.21. The van der Waals surface area contributed by atoms with Gasteiger partial charge in [-0.25, -0.2) is 9.97 Å². The van der Waals surface area contributed by atoms with Crippen LogP contribution in [0.4, 0.5) is 0 Å². The number of imidazole rings is 1. The third-order valence-electron chi connectivity index (χ3n) is 9.38. The molecule has 0 bridgehead atoms. The molecule has 1 amide bonds. The fraction of sp³-hybridized carbons (Fsp3) is 0.351.